The molecule has 0 aromatic heterocycles. The van der Waals surface area contributed by atoms with Crippen molar-refractivity contribution < 1.29 is 8.42 Å². The van der Waals surface area contributed by atoms with Crippen LogP contribution in [0.4, 0.5) is 0 Å². The van der Waals surface area contributed by atoms with Crippen LogP contribution in [0.25, 0.3) is 0 Å². The number of halogens is 1. The predicted molar refractivity (Wildman–Crippen MR) is 81.4 cm³/mol. The lowest BCUT2D eigenvalue weighted by atomic mass is 10.1. The van der Waals surface area contributed by atoms with E-state index < -0.39 is 14.6 Å². The summed E-state index contributed by atoms with van der Waals surface area (Å²) in [4.78, 5) is 0. The van der Waals surface area contributed by atoms with E-state index in [1.54, 1.807) is 20.8 Å². The summed E-state index contributed by atoms with van der Waals surface area (Å²) in [7, 11) is -3.07. The Balaban J connectivity index is 2.55. The largest absolute Gasteiger partial charge is 0.309 e. The number of hydrogen-bond acceptors (Lipinski definition) is 3. The molecule has 0 aliphatic rings. The average molecular weight is 304 g/mol. The van der Waals surface area contributed by atoms with Gasteiger partial charge in [0.25, 0.3) is 0 Å². The summed E-state index contributed by atoms with van der Waals surface area (Å²) < 4.78 is 23.2. The molecule has 0 unspecified atom stereocenters. The van der Waals surface area contributed by atoms with Crippen molar-refractivity contribution in [2.75, 3.05) is 12.3 Å². The van der Waals surface area contributed by atoms with Crippen LogP contribution in [0.15, 0.2) is 24.3 Å². The van der Waals surface area contributed by atoms with Crippen molar-refractivity contribution in [2.24, 2.45) is 0 Å². The number of hydrogen-bond donors (Lipinski definition) is 1. The Morgan fingerprint density at radius 3 is 2.47 bits per heavy atom. The monoisotopic (exact) mass is 303 g/mol. The van der Waals surface area contributed by atoms with Crippen LogP contribution in [-0.4, -0.2) is 25.5 Å². The van der Waals surface area contributed by atoms with Crippen LogP contribution in [0.1, 0.15) is 39.3 Å². The molecule has 0 saturated heterocycles. The third kappa shape index (κ3) is 4.79. The molecule has 108 valence electrons. The highest BCUT2D eigenvalue weighted by Crippen LogP contribution is 2.18. The zero-order valence-electron chi connectivity index (χ0n) is 11.9. The highest BCUT2D eigenvalue weighted by molar-refractivity contribution is 7.92. The topological polar surface area (TPSA) is 46.2 Å². The molecular weight excluding hydrogens is 282 g/mol. The van der Waals surface area contributed by atoms with Gasteiger partial charge in [0.2, 0.25) is 0 Å². The van der Waals surface area contributed by atoms with Crippen molar-refractivity contribution >= 4 is 21.4 Å². The van der Waals surface area contributed by atoms with Crippen LogP contribution in [0.3, 0.4) is 0 Å². The first-order valence-corrected chi connectivity index (χ1v) is 8.37. The molecule has 0 bridgehead atoms. The molecule has 0 aliphatic heterocycles. The number of benzene rings is 1. The van der Waals surface area contributed by atoms with Gasteiger partial charge in [-0.2, -0.15) is 0 Å². The van der Waals surface area contributed by atoms with Gasteiger partial charge < -0.3 is 5.32 Å². The third-order valence-electron chi connectivity index (χ3n) is 3.10. The summed E-state index contributed by atoms with van der Waals surface area (Å²) in [6.07, 6.45) is 0. The Hall–Kier alpha value is -0.580. The second-order valence-corrected chi connectivity index (χ2v) is 8.96. The maximum Gasteiger partial charge on any atom is 0.156 e. The Bertz CT molecular complexity index is 520. The molecule has 19 heavy (non-hydrogen) atoms. The van der Waals surface area contributed by atoms with E-state index in [9.17, 15) is 8.42 Å². The average Bonchev–Trinajstić information content (AvgIpc) is 2.27. The zero-order chi connectivity index (χ0) is 14.7. The van der Waals surface area contributed by atoms with Crippen molar-refractivity contribution in [3.05, 3.63) is 34.9 Å². The molecule has 0 heterocycles. The van der Waals surface area contributed by atoms with Gasteiger partial charge in [-0.05, 0) is 45.4 Å². The Kier molecular flexibility index (Phi) is 5.42. The van der Waals surface area contributed by atoms with Crippen molar-refractivity contribution in [1.82, 2.24) is 5.32 Å². The maximum absolute atomic E-state index is 12.0. The molecule has 1 N–H and O–H groups in total. The van der Waals surface area contributed by atoms with Gasteiger partial charge >= 0.3 is 0 Å². The van der Waals surface area contributed by atoms with Crippen molar-refractivity contribution in [2.45, 2.75) is 38.5 Å². The van der Waals surface area contributed by atoms with E-state index >= 15 is 0 Å². The highest BCUT2D eigenvalue weighted by atomic mass is 35.5. The van der Waals surface area contributed by atoms with E-state index in [1.165, 1.54) is 0 Å². The van der Waals surface area contributed by atoms with Crippen LogP contribution in [-0.2, 0) is 9.84 Å². The molecule has 0 radical (unpaired) electrons. The lowest BCUT2D eigenvalue weighted by molar-refractivity contribution is 0.546. The second kappa shape index (κ2) is 6.25. The van der Waals surface area contributed by atoms with Crippen LogP contribution >= 0.6 is 11.6 Å². The number of sulfone groups is 1. The van der Waals surface area contributed by atoms with Gasteiger partial charge in [-0.15, -0.1) is 0 Å². The van der Waals surface area contributed by atoms with E-state index in [4.69, 9.17) is 11.6 Å². The molecule has 0 spiro atoms. The summed E-state index contributed by atoms with van der Waals surface area (Å²) >= 11 is 5.93. The molecule has 1 aromatic carbocycles. The van der Waals surface area contributed by atoms with Crippen molar-refractivity contribution in [1.29, 1.82) is 0 Å². The fourth-order valence-electron chi connectivity index (χ4n) is 1.61. The predicted octanol–water partition coefficient (Wildman–Crippen LogP) is 3.20. The zero-order valence-corrected chi connectivity index (χ0v) is 13.5. The van der Waals surface area contributed by atoms with Gasteiger partial charge in [-0.1, -0.05) is 23.7 Å². The SMILES string of the molecule is C[C@H](NCCS(=O)(=O)C(C)(C)C)c1cccc(Cl)c1. The van der Waals surface area contributed by atoms with E-state index in [2.05, 4.69) is 5.32 Å². The minimum absolute atomic E-state index is 0.0777. The lowest BCUT2D eigenvalue weighted by Gasteiger charge is -2.20. The summed E-state index contributed by atoms with van der Waals surface area (Å²) in [5.41, 5.74) is 1.06. The molecule has 1 atom stereocenters. The number of nitrogens with one attached hydrogen (secondary N) is 1. The Morgan fingerprint density at radius 2 is 1.95 bits per heavy atom. The molecule has 0 fully saturated rings. The quantitative estimate of drug-likeness (QED) is 0.908. The van der Waals surface area contributed by atoms with Crippen LogP contribution < -0.4 is 5.32 Å². The lowest BCUT2D eigenvalue weighted by Crippen LogP contribution is -2.35. The maximum atomic E-state index is 12.0. The van der Waals surface area contributed by atoms with E-state index in [1.807, 2.05) is 31.2 Å². The first kappa shape index (κ1) is 16.5. The second-order valence-electron chi connectivity index (χ2n) is 5.66. The molecule has 5 heteroatoms. The Labute approximate surface area is 121 Å². The van der Waals surface area contributed by atoms with Gasteiger partial charge in [-0.25, -0.2) is 8.42 Å². The summed E-state index contributed by atoms with van der Waals surface area (Å²) in [5, 5.41) is 3.90. The first-order chi connectivity index (χ1) is 8.63. The fraction of sp³-hybridized carbons (Fsp3) is 0.571. The Morgan fingerprint density at radius 1 is 1.32 bits per heavy atom. The minimum atomic E-state index is -3.07. The highest BCUT2D eigenvalue weighted by Gasteiger charge is 2.28. The molecular formula is C14H22ClNO2S. The normalized spacial score (nSPS) is 14.4. The molecule has 1 rings (SSSR count). The first-order valence-electron chi connectivity index (χ1n) is 6.34. The summed E-state index contributed by atoms with van der Waals surface area (Å²) in [5.74, 6) is 0.140. The number of rotatable bonds is 5. The van der Waals surface area contributed by atoms with Gasteiger partial charge in [0.1, 0.15) is 0 Å². The molecule has 3 nitrogen and oxygen atoms in total. The summed E-state index contributed by atoms with van der Waals surface area (Å²) in [6, 6.07) is 7.65. The fourth-order valence-corrected chi connectivity index (χ4v) is 2.81. The minimum Gasteiger partial charge on any atom is -0.309 e. The van der Waals surface area contributed by atoms with Crippen molar-refractivity contribution in [3.8, 4) is 0 Å². The summed E-state index contributed by atoms with van der Waals surface area (Å²) in [6.45, 7) is 7.61. The molecule has 0 saturated carbocycles. The molecule has 0 aliphatic carbocycles. The molecule has 1 aromatic rings. The van der Waals surface area contributed by atoms with Gasteiger partial charge in [0.05, 0.1) is 10.5 Å². The van der Waals surface area contributed by atoms with Gasteiger partial charge in [0.15, 0.2) is 9.84 Å². The van der Waals surface area contributed by atoms with Crippen LogP contribution in [0.2, 0.25) is 5.02 Å². The standard InChI is InChI=1S/C14H22ClNO2S/c1-11(12-6-5-7-13(15)10-12)16-8-9-19(17,18)14(2,3)4/h5-7,10-11,16H,8-9H2,1-4H3/t11-/m0/s1. The smallest absolute Gasteiger partial charge is 0.156 e. The molecule has 0 amide bonds. The van der Waals surface area contributed by atoms with Crippen LogP contribution in [0, 0.1) is 0 Å². The van der Waals surface area contributed by atoms with Gasteiger partial charge in [-0.3, -0.25) is 0 Å². The van der Waals surface area contributed by atoms with E-state index in [0.29, 0.717) is 11.6 Å². The van der Waals surface area contributed by atoms with E-state index in [-0.39, 0.29) is 11.8 Å². The van der Waals surface area contributed by atoms with Crippen LogP contribution in [0.5, 0.6) is 0 Å². The van der Waals surface area contributed by atoms with E-state index in [0.717, 1.165) is 5.56 Å². The third-order valence-corrected chi connectivity index (χ3v) is 5.95. The van der Waals surface area contributed by atoms with Crippen molar-refractivity contribution in [3.63, 3.8) is 0 Å². The van der Waals surface area contributed by atoms with Gasteiger partial charge in [0, 0.05) is 17.6 Å².